The molecule has 3 heteroatoms. The topological polar surface area (TPSA) is 30.5 Å². The molecular weight excluding hydrogens is 214 g/mol. The Morgan fingerprint density at radius 2 is 2.06 bits per heavy atom. The van der Waals surface area contributed by atoms with E-state index in [1.165, 1.54) is 5.56 Å². The predicted molar refractivity (Wildman–Crippen MR) is 68.1 cm³/mol. The van der Waals surface area contributed by atoms with Crippen molar-refractivity contribution in [1.82, 2.24) is 5.32 Å². The zero-order chi connectivity index (χ0) is 12.1. The molecule has 0 saturated heterocycles. The molecule has 1 aliphatic heterocycles. The first-order valence-electron chi connectivity index (χ1n) is 5.99. The van der Waals surface area contributed by atoms with E-state index < -0.39 is 0 Å². The molecule has 0 bridgehead atoms. The van der Waals surface area contributed by atoms with Crippen LogP contribution in [0.25, 0.3) is 0 Å². The third-order valence-corrected chi connectivity index (χ3v) is 2.99. The van der Waals surface area contributed by atoms with Gasteiger partial charge in [-0.25, -0.2) is 0 Å². The first kappa shape index (κ1) is 12.0. The number of methoxy groups -OCH3 is 1. The number of rotatable bonds is 4. The second-order valence-electron chi connectivity index (χ2n) is 4.09. The molecule has 1 aromatic carbocycles. The van der Waals surface area contributed by atoms with Gasteiger partial charge in [0.2, 0.25) is 0 Å². The molecule has 0 fully saturated rings. The average molecular weight is 233 g/mol. The maximum absolute atomic E-state index is 5.71. The van der Waals surface area contributed by atoms with Crippen molar-refractivity contribution in [2.75, 3.05) is 20.8 Å². The first-order valence-corrected chi connectivity index (χ1v) is 5.99. The highest BCUT2D eigenvalue weighted by molar-refractivity contribution is 5.32. The largest absolute Gasteiger partial charge is 0.497 e. The van der Waals surface area contributed by atoms with Gasteiger partial charge in [-0.1, -0.05) is 12.1 Å². The molecule has 0 aliphatic carbocycles. The molecule has 1 heterocycles. The van der Waals surface area contributed by atoms with Crippen LogP contribution in [0, 0.1) is 0 Å². The molecule has 17 heavy (non-hydrogen) atoms. The maximum Gasteiger partial charge on any atom is 0.118 e. The minimum atomic E-state index is 0.140. The number of hydrogen-bond donors (Lipinski definition) is 1. The van der Waals surface area contributed by atoms with Crippen LogP contribution in [-0.4, -0.2) is 20.8 Å². The fourth-order valence-electron chi connectivity index (χ4n) is 2.05. The minimum Gasteiger partial charge on any atom is -0.497 e. The van der Waals surface area contributed by atoms with Crippen molar-refractivity contribution in [3.63, 3.8) is 0 Å². The molecule has 1 N–H and O–H groups in total. The number of likely N-dealkylation sites (N-methyl/N-ethyl adjacent to an activating group) is 1. The number of nitrogens with one attached hydrogen (secondary N) is 1. The van der Waals surface area contributed by atoms with Gasteiger partial charge in [-0.3, -0.25) is 0 Å². The zero-order valence-electron chi connectivity index (χ0n) is 10.4. The van der Waals surface area contributed by atoms with Crippen molar-refractivity contribution in [2.45, 2.75) is 18.9 Å². The summed E-state index contributed by atoms with van der Waals surface area (Å²) in [6.45, 7) is 0.820. The average Bonchev–Trinajstić information content (AvgIpc) is 2.42. The van der Waals surface area contributed by atoms with Gasteiger partial charge in [0.25, 0.3) is 0 Å². The molecular formula is C14H19NO2. The van der Waals surface area contributed by atoms with Gasteiger partial charge in [-0.15, -0.1) is 0 Å². The molecule has 0 radical (unpaired) electrons. The number of allylic oxidation sites excluding steroid dienone is 1. The smallest absolute Gasteiger partial charge is 0.118 e. The summed E-state index contributed by atoms with van der Waals surface area (Å²) in [5.74, 6) is 1.91. The predicted octanol–water partition coefficient (Wildman–Crippen LogP) is 2.65. The Kier molecular flexibility index (Phi) is 4.04. The Hall–Kier alpha value is -1.48. The van der Waals surface area contributed by atoms with Crippen LogP contribution < -0.4 is 10.1 Å². The summed E-state index contributed by atoms with van der Waals surface area (Å²) in [5.41, 5.74) is 1.20. The van der Waals surface area contributed by atoms with E-state index >= 15 is 0 Å². The second kappa shape index (κ2) is 5.73. The molecule has 0 aromatic heterocycles. The molecule has 1 atom stereocenters. The van der Waals surface area contributed by atoms with Crippen LogP contribution in [0.2, 0.25) is 0 Å². The van der Waals surface area contributed by atoms with Gasteiger partial charge in [0.15, 0.2) is 0 Å². The fourth-order valence-corrected chi connectivity index (χ4v) is 2.05. The Bertz CT molecular complexity index is 384. The summed E-state index contributed by atoms with van der Waals surface area (Å²) < 4.78 is 10.9. The summed E-state index contributed by atoms with van der Waals surface area (Å²) in [7, 11) is 3.63. The van der Waals surface area contributed by atoms with Gasteiger partial charge in [0.05, 0.1) is 19.8 Å². The lowest BCUT2D eigenvalue weighted by atomic mass is 10.0. The van der Waals surface area contributed by atoms with E-state index in [-0.39, 0.29) is 6.04 Å². The molecule has 3 nitrogen and oxygen atoms in total. The Morgan fingerprint density at radius 3 is 2.59 bits per heavy atom. The quantitative estimate of drug-likeness (QED) is 0.867. The van der Waals surface area contributed by atoms with E-state index in [4.69, 9.17) is 9.47 Å². The second-order valence-corrected chi connectivity index (χ2v) is 4.09. The number of ether oxygens (including phenoxy) is 2. The molecule has 1 unspecified atom stereocenters. The van der Waals surface area contributed by atoms with Gasteiger partial charge in [0, 0.05) is 0 Å². The molecule has 1 aliphatic rings. The summed E-state index contributed by atoms with van der Waals surface area (Å²) in [6.07, 6.45) is 4.39. The molecule has 0 spiro atoms. The molecule has 2 rings (SSSR count). The Morgan fingerprint density at radius 1 is 1.29 bits per heavy atom. The van der Waals surface area contributed by atoms with Crippen molar-refractivity contribution in [2.24, 2.45) is 0 Å². The molecule has 0 saturated carbocycles. The SMILES string of the molecule is CNC(C1=CCCCO1)c1ccc(OC)cc1. The van der Waals surface area contributed by atoms with E-state index in [0.29, 0.717) is 0 Å². The lowest BCUT2D eigenvalue weighted by molar-refractivity contribution is 0.169. The Balaban J connectivity index is 2.18. The van der Waals surface area contributed by atoms with Crippen LogP contribution in [0.1, 0.15) is 24.4 Å². The maximum atomic E-state index is 5.71. The van der Waals surface area contributed by atoms with E-state index in [1.54, 1.807) is 7.11 Å². The fraction of sp³-hybridized carbons (Fsp3) is 0.429. The summed E-state index contributed by atoms with van der Waals surface area (Å²) >= 11 is 0. The van der Waals surface area contributed by atoms with Crippen LogP contribution in [0.15, 0.2) is 36.1 Å². The summed E-state index contributed by atoms with van der Waals surface area (Å²) in [6, 6.07) is 8.23. The highest BCUT2D eigenvalue weighted by Crippen LogP contribution is 2.26. The minimum absolute atomic E-state index is 0.140. The molecule has 1 aromatic rings. The van der Waals surface area contributed by atoms with Gasteiger partial charge in [-0.05, 0) is 43.7 Å². The van der Waals surface area contributed by atoms with E-state index in [0.717, 1.165) is 31.0 Å². The van der Waals surface area contributed by atoms with Crippen molar-refractivity contribution in [1.29, 1.82) is 0 Å². The standard InChI is InChI=1S/C14H19NO2/c1-15-14(13-5-3-4-10-17-13)11-6-8-12(16-2)9-7-11/h5-9,14-15H,3-4,10H2,1-2H3. The number of hydrogen-bond acceptors (Lipinski definition) is 3. The Labute approximate surface area is 102 Å². The molecule has 92 valence electrons. The number of benzene rings is 1. The van der Waals surface area contributed by atoms with E-state index in [2.05, 4.69) is 23.5 Å². The third-order valence-electron chi connectivity index (χ3n) is 2.99. The van der Waals surface area contributed by atoms with Crippen molar-refractivity contribution in [3.8, 4) is 5.75 Å². The van der Waals surface area contributed by atoms with Gasteiger partial charge in [-0.2, -0.15) is 0 Å². The van der Waals surface area contributed by atoms with Crippen LogP contribution >= 0.6 is 0 Å². The van der Waals surface area contributed by atoms with E-state index in [1.807, 2.05) is 19.2 Å². The lowest BCUT2D eigenvalue weighted by Gasteiger charge is -2.23. The summed E-state index contributed by atoms with van der Waals surface area (Å²) in [5, 5.41) is 3.29. The van der Waals surface area contributed by atoms with Gasteiger partial charge < -0.3 is 14.8 Å². The van der Waals surface area contributed by atoms with Crippen LogP contribution in [0.5, 0.6) is 5.75 Å². The lowest BCUT2D eigenvalue weighted by Crippen LogP contribution is -2.21. The summed E-state index contributed by atoms with van der Waals surface area (Å²) in [4.78, 5) is 0. The highest BCUT2D eigenvalue weighted by Gasteiger charge is 2.17. The first-order chi connectivity index (χ1) is 8.35. The van der Waals surface area contributed by atoms with Crippen molar-refractivity contribution >= 4 is 0 Å². The monoisotopic (exact) mass is 233 g/mol. The van der Waals surface area contributed by atoms with Gasteiger partial charge >= 0.3 is 0 Å². The van der Waals surface area contributed by atoms with Crippen molar-refractivity contribution < 1.29 is 9.47 Å². The van der Waals surface area contributed by atoms with E-state index in [9.17, 15) is 0 Å². The zero-order valence-corrected chi connectivity index (χ0v) is 10.4. The van der Waals surface area contributed by atoms with Gasteiger partial charge in [0.1, 0.15) is 11.5 Å². The third kappa shape index (κ3) is 2.80. The normalized spacial score (nSPS) is 16.9. The van der Waals surface area contributed by atoms with Crippen LogP contribution in [0.4, 0.5) is 0 Å². The van der Waals surface area contributed by atoms with Crippen LogP contribution in [-0.2, 0) is 4.74 Å². The van der Waals surface area contributed by atoms with Crippen molar-refractivity contribution in [3.05, 3.63) is 41.7 Å². The highest BCUT2D eigenvalue weighted by atomic mass is 16.5. The molecule has 0 amide bonds. The van der Waals surface area contributed by atoms with Crippen LogP contribution in [0.3, 0.4) is 0 Å².